The Labute approximate surface area is 133 Å². The molecule has 0 aromatic heterocycles. The van der Waals surface area contributed by atoms with Gasteiger partial charge in [-0.15, -0.1) is 0 Å². The lowest BCUT2D eigenvalue weighted by molar-refractivity contribution is -0.137. The Hall–Kier alpha value is -1.68. The topological polar surface area (TPSA) is 57.9 Å². The fourth-order valence-corrected chi connectivity index (χ4v) is 5.61. The molecule has 1 aromatic carbocycles. The van der Waals surface area contributed by atoms with Crippen LogP contribution in [-0.2, 0) is 17.0 Å². The minimum absolute atomic E-state index is 0.0398. The lowest BCUT2D eigenvalue weighted by Gasteiger charge is -2.26. The Morgan fingerprint density at radius 1 is 1.22 bits per heavy atom. The first-order valence-electron chi connectivity index (χ1n) is 7.36. The molecule has 7 heteroatoms. The van der Waals surface area contributed by atoms with Crippen LogP contribution in [0.1, 0.15) is 47.2 Å². The van der Waals surface area contributed by atoms with Crippen molar-refractivity contribution in [3.63, 3.8) is 0 Å². The third kappa shape index (κ3) is 2.92. The van der Waals surface area contributed by atoms with Crippen molar-refractivity contribution in [3.05, 3.63) is 34.9 Å². The second-order valence-electron chi connectivity index (χ2n) is 6.05. The van der Waals surface area contributed by atoms with Crippen LogP contribution < -0.4 is 0 Å². The van der Waals surface area contributed by atoms with Crippen molar-refractivity contribution < 1.29 is 22.2 Å². The van der Waals surface area contributed by atoms with Crippen molar-refractivity contribution >= 4 is 16.6 Å². The van der Waals surface area contributed by atoms with Crippen LogP contribution in [-0.4, -0.2) is 20.5 Å². The van der Waals surface area contributed by atoms with Gasteiger partial charge < -0.3 is 0 Å². The van der Waals surface area contributed by atoms with Crippen molar-refractivity contribution in [3.8, 4) is 6.07 Å². The summed E-state index contributed by atoms with van der Waals surface area (Å²) in [6, 6.07) is 4.43. The van der Waals surface area contributed by atoms with Gasteiger partial charge in [0.1, 0.15) is 0 Å². The van der Waals surface area contributed by atoms with Crippen molar-refractivity contribution in [2.75, 3.05) is 0 Å². The highest BCUT2D eigenvalue weighted by Gasteiger charge is 2.43. The number of rotatable bonds is 2. The number of nitriles is 1. The summed E-state index contributed by atoms with van der Waals surface area (Å²) in [4.78, 5) is 12.7. The smallest absolute Gasteiger partial charge is 0.294 e. The average molecular weight is 341 g/mol. The standard InChI is InChI=1S/C16H14F3NO2S/c17-16(18,19)11-2-1-9(8-20)14(7-11)15(21)10-5-12-3-4-13(6-10)23(12)22/h1-2,7,10,12-13H,3-6H2. The average Bonchev–Trinajstić information content (AvgIpc) is 2.74. The maximum Gasteiger partial charge on any atom is 0.416 e. The van der Waals surface area contributed by atoms with E-state index in [1.165, 1.54) is 0 Å². The molecule has 122 valence electrons. The van der Waals surface area contributed by atoms with E-state index in [9.17, 15) is 22.2 Å². The molecule has 2 unspecified atom stereocenters. The number of nitrogens with zero attached hydrogens (tertiary/aromatic N) is 1. The Bertz CT molecular complexity index is 707. The van der Waals surface area contributed by atoms with Crippen LogP contribution >= 0.6 is 0 Å². The molecule has 2 aliphatic heterocycles. The Morgan fingerprint density at radius 3 is 2.35 bits per heavy atom. The van der Waals surface area contributed by atoms with Crippen LogP contribution in [0.2, 0.25) is 0 Å². The number of halogens is 3. The first kappa shape index (κ1) is 16.2. The lowest BCUT2D eigenvalue weighted by Crippen LogP contribution is -2.32. The van der Waals surface area contributed by atoms with Crippen LogP contribution in [0.5, 0.6) is 0 Å². The highest BCUT2D eigenvalue weighted by molar-refractivity contribution is 7.86. The van der Waals surface area contributed by atoms with E-state index in [1.54, 1.807) is 6.07 Å². The number of alkyl halides is 3. The van der Waals surface area contributed by atoms with E-state index < -0.39 is 34.2 Å². The highest BCUT2D eigenvalue weighted by atomic mass is 32.2. The monoisotopic (exact) mass is 341 g/mol. The van der Waals surface area contributed by atoms with Crippen molar-refractivity contribution in [1.82, 2.24) is 0 Å². The number of hydrogen-bond donors (Lipinski definition) is 0. The van der Waals surface area contributed by atoms with E-state index >= 15 is 0 Å². The Balaban J connectivity index is 1.93. The molecule has 2 fully saturated rings. The molecular formula is C16H14F3NO2S. The van der Waals surface area contributed by atoms with E-state index in [2.05, 4.69) is 0 Å². The van der Waals surface area contributed by atoms with E-state index in [0.717, 1.165) is 31.0 Å². The summed E-state index contributed by atoms with van der Waals surface area (Å²) in [5.74, 6) is -0.873. The van der Waals surface area contributed by atoms with Gasteiger partial charge >= 0.3 is 6.18 Å². The Kier molecular flexibility index (Phi) is 4.05. The summed E-state index contributed by atoms with van der Waals surface area (Å²) < 4.78 is 50.6. The van der Waals surface area contributed by atoms with Crippen LogP contribution in [0.3, 0.4) is 0 Å². The van der Waals surface area contributed by atoms with Crippen molar-refractivity contribution in [1.29, 1.82) is 5.26 Å². The number of benzene rings is 1. The number of fused-ring (bicyclic) bond motifs is 2. The first-order chi connectivity index (χ1) is 10.8. The first-order valence-corrected chi connectivity index (χ1v) is 8.64. The van der Waals surface area contributed by atoms with E-state index in [4.69, 9.17) is 5.26 Å². The summed E-state index contributed by atoms with van der Waals surface area (Å²) >= 11 is 0. The van der Waals surface area contributed by atoms with Crippen molar-refractivity contribution in [2.45, 2.75) is 42.4 Å². The minimum atomic E-state index is -4.56. The van der Waals surface area contributed by atoms with Gasteiger partial charge in [-0.3, -0.25) is 9.00 Å². The predicted octanol–water partition coefficient (Wildman–Crippen LogP) is 3.45. The molecule has 0 amide bonds. The number of hydrogen-bond acceptors (Lipinski definition) is 3. The van der Waals surface area contributed by atoms with Gasteiger partial charge in [0, 0.05) is 32.8 Å². The molecule has 0 N–H and O–H groups in total. The molecule has 3 nitrogen and oxygen atoms in total. The second-order valence-corrected chi connectivity index (χ2v) is 8.04. The third-order valence-electron chi connectivity index (χ3n) is 4.67. The van der Waals surface area contributed by atoms with Gasteiger partial charge in [-0.1, -0.05) is 0 Å². The molecule has 3 rings (SSSR count). The van der Waals surface area contributed by atoms with E-state index in [-0.39, 0.29) is 21.6 Å². The normalized spacial score (nSPS) is 30.0. The predicted molar refractivity (Wildman–Crippen MR) is 78.2 cm³/mol. The molecule has 2 heterocycles. The van der Waals surface area contributed by atoms with Crippen molar-refractivity contribution in [2.24, 2.45) is 5.92 Å². The molecule has 2 saturated heterocycles. The summed E-state index contributed by atoms with van der Waals surface area (Å²) in [6.07, 6.45) is -2.09. The summed E-state index contributed by atoms with van der Waals surface area (Å²) in [5, 5.41) is 9.00. The van der Waals surface area contributed by atoms with E-state index in [1.807, 2.05) is 0 Å². The Morgan fingerprint density at radius 2 is 1.83 bits per heavy atom. The molecule has 0 spiro atoms. The lowest BCUT2D eigenvalue weighted by atomic mass is 9.87. The third-order valence-corrected chi connectivity index (χ3v) is 6.84. The van der Waals surface area contributed by atoms with Crippen LogP contribution in [0.15, 0.2) is 18.2 Å². The maximum atomic E-state index is 12.9. The molecule has 0 aliphatic carbocycles. The largest absolute Gasteiger partial charge is 0.416 e. The van der Waals surface area contributed by atoms with Gasteiger partial charge in [-0.25, -0.2) is 0 Å². The number of ketones is 1. The highest BCUT2D eigenvalue weighted by Crippen LogP contribution is 2.40. The number of carbonyl (C=O) groups is 1. The van der Waals surface area contributed by atoms with Crippen LogP contribution in [0, 0.1) is 17.2 Å². The quantitative estimate of drug-likeness (QED) is 0.774. The molecule has 1 aromatic rings. The van der Waals surface area contributed by atoms with Gasteiger partial charge in [0.15, 0.2) is 5.78 Å². The van der Waals surface area contributed by atoms with E-state index in [0.29, 0.717) is 12.8 Å². The molecule has 2 aliphatic rings. The molecule has 0 radical (unpaired) electrons. The molecule has 2 bridgehead atoms. The summed E-state index contributed by atoms with van der Waals surface area (Å²) in [6.45, 7) is 0. The van der Waals surface area contributed by atoms with Crippen LogP contribution in [0.25, 0.3) is 0 Å². The molecule has 2 atom stereocenters. The zero-order valence-electron chi connectivity index (χ0n) is 12.1. The van der Waals surface area contributed by atoms with Gasteiger partial charge in [0.2, 0.25) is 0 Å². The number of carbonyl (C=O) groups excluding carboxylic acids is 1. The summed E-state index contributed by atoms with van der Waals surface area (Å²) in [5.41, 5.74) is -1.14. The fraction of sp³-hybridized carbons (Fsp3) is 0.500. The molecule has 23 heavy (non-hydrogen) atoms. The minimum Gasteiger partial charge on any atom is -0.294 e. The number of Topliss-reactive ketones (excluding diaryl/α,β-unsaturated/α-hetero) is 1. The maximum absolute atomic E-state index is 12.9. The van der Waals surface area contributed by atoms with Gasteiger partial charge in [0.25, 0.3) is 0 Å². The molecule has 0 saturated carbocycles. The second kappa shape index (κ2) is 5.75. The van der Waals surface area contributed by atoms with Crippen LogP contribution in [0.4, 0.5) is 13.2 Å². The zero-order valence-corrected chi connectivity index (χ0v) is 12.9. The van der Waals surface area contributed by atoms with Gasteiger partial charge in [-0.05, 0) is 43.9 Å². The van der Waals surface area contributed by atoms with Gasteiger partial charge in [-0.2, -0.15) is 18.4 Å². The molecular weight excluding hydrogens is 327 g/mol. The summed E-state index contributed by atoms with van der Waals surface area (Å²) in [7, 11) is -0.935. The van der Waals surface area contributed by atoms with Gasteiger partial charge in [0.05, 0.1) is 17.2 Å². The fourth-order valence-electron chi connectivity index (χ4n) is 3.49. The zero-order chi connectivity index (χ0) is 16.8. The SMILES string of the molecule is N#Cc1ccc(C(F)(F)F)cc1C(=O)C1CC2CCC(C1)S2=O.